The molecule has 1 aromatic rings. The topological polar surface area (TPSA) is 26.3 Å². The number of hydrogen-bond acceptors (Lipinski definition) is 2. The Bertz CT molecular complexity index is 554. The number of allylic oxidation sites excluding steroid dienone is 4. The number of alkyl halides is 1. The number of ether oxygens (including phenoxy) is 1. The Morgan fingerprint density at radius 1 is 1.32 bits per heavy atom. The highest BCUT2D eigenvalue weighted by molar-refractivity contribution is 5.81. The summed E-state index contributed by atoms with van der Waals surface area (Å²) < 4.78 is 33.2. The Balaban J connectivity index is 2.43. The van der Waals surface area contributed by atoms with Crippen molar-refractivity contribution in [3.05, 3.63) is 53.1 Å². The van der Waals surface area contributed by atoms with Gasteiger partial charge in [0, 0.05) is 17.6 Å². The molecule has 0 saturated heterocycles. The standard InChI is InChI=1S/C15H14F2O2/c1-15(17)8-7-12(13(16)14(15)19-2)11-5-3-10(9-18)4-6-11/h3-7,9H,8H2,1-2H3. The Hall–Kier alpha value is -1.97. The fourth-order valence-electron chi connectivity index (χ4n) is 2.12. The Kier molecular flexibility index (Phi) is 3.51. The number of benzene rings is 1. The van der Waals surface area contributed by atoms with Crippen molar-refractivity contribution in [2.75, 3.05) is 7.11 Å². The second-order valence-corrected chi connectivity index (χ2v) is 4.61. The highest BCUT2D eigenvalue weighted by atomic mass is 19.1. The average Bonchev–Trinajstić information content (AvgIpc) is 2.39. The maximum atomic E-state index is 14.3. The van der Waals surface area contributed by atoms with Gasteiger partial charge < -0.3 is 4.74 Å². The monoisotopic (exact) mass is 264 g/mol. The van der Waals surface area contributed by atoms with Crippen LogP contribution in [0.15, 0.2) is 41.9 Å². The van der Waals surface area contributed by atoms with Gasteiger partial charge in [0.2, 0.25) is 0 Å². The molecule has 0 radical (unpaired) electrons. The summed E-state index contributed by atoms with van der Waals surface area (Å²) in [7, 11) is 1.26. The van der Waals surface area contributed by atoms with Gasteiger partial charge in [-0.1, -0.05) is 30.3 Å². The third kappa shape index (κ3) is 2.43. The van der Waals surface area contributed by atoms with Gasteiger partial charge in [-0.15, -0.1) is 0 Å². The summed E-state index contributed by atoms with van der Waals surface area (Å²) in [6.45, 7) is 1.29. The molecule has 0 fully saturated rings. The lowest BCUT2D eigenvalue weighted by Gasteiger charge is -2.27. The van der Waals surface area contributed by atoms with Crippen LogP contribution in [0.25, 0.3) is 5.57 Å². The highest BCUT2D eigenvalue weighted by Gasteiger charge is 2.37. The van der Waals surface area contributed by atoms with Gasteiger partial charge in [0.15, 0.2) is 17.3 Å². The molecule has 0 heterocycles. The Morgan fingerprint density at radius 2 is 1.95 bits per heavy atom. The van der Waals surface area contributed by atoms with Crippen LogP contribution >= 0.6 is 0 Å². The Morgan fingerprint density at radius 3 is 2.47 bits per heavy atom. The van der Waals surface area contributed by atoms with Crippen molar-refractivity contribution in [3.63, 3.8) is 0 Å². The molecule has 100 valence electrons. The molecule has 1 unspecified atom stereocenters. The van der Waals surface area contributed by atoms with E-state index >= 15 is 0 Å². The molecule has 0 aliphatic heterocycles. The van der Waals surface area contributed by atoms with Crippen LogP contribution < -0.4 is 0 Å². The van der Waals surface area contributed by atoms with Crippen molar-refractivity contribution in [3.8, 4) is 0 Å². The van der Waals surface area contributed by atoms with E-state index in [4.69, 9.17) is 4.74 Å². The molecule has 2 nitrogen and oxygen atoms in total. The highest BCUT2D eigenvalue weighted by Crippen LogP contribution is 2.40. The minimum absolute atomic E-state index is 0.0500. The van der Waals surface area contributed by atoms with E-state index in [2.05, 4.69) is 0 Å². The molecular formula is C15H14F2O2. The fourth-order valence-corrected chi connectivity index (χ4v) is 2.12. The SMILES string of the molecule is COC1=C(F)C(c2ccc(C=O)cc2)=CCC1(C)F. The predicted molar refractivity (Wildman–Crippen MR) is 69.1 cm³/mol. The van der Waals surface area contributed by atoms with Crippen molar-refractivity contribution < 1.29 is 18.3 Å². The van der Waals surface area contributed by atoms with Crippen LogP contribution in [0, 0.1) is 0 Å². The first-order chi connectivity index (χ1) is 8.99. The lowest BCUT2D eigenvalue weighted by Crippen LogP contribution is -2.25. The summed E-state index contributed by atoms with van der Waals surface area (Å²) in [4.78, 5) is 10.6. The molecule has 0 saturated carbocycles. The van der Waals surface area contributed by atoms with E-state index in [0.29, 0.717) is 23.0 Å². The summed E-state index contributed by atoms with van der Waals surface area (Å²) in [5.74, 6) is -0.984. The van der Waals surface area contributed by atoms with Crippen LogP contribution in [0.2, 0.25) is 0 Å². The van der Waals surface area contributed by atoms with Gasteiger partial charge in [0.25, 0.3) is 0 Å². The molecule has 0 spiro atoms. The van der Waals surface area contributed by atoms with Gasteiger partial charge >= 0.3 is 0 Å². The molecule has 1 aliphatic rings. The van der Waals surface area contributed by atoms with Gasteiger partial charge in [0.1, 0.15) is 6.29 Å². The molecule has 4 heteroatoms. The zero-order valence-corrected chi connectivity index (χ0v) is 10.7. The fraction of sp³-hybridized carbons (Fsp3) is 0.267. The summed E-state index contributed by atoms with van der Waals surface area (Å²) in [5, 5.41) is 0. The van der Waals surface area contributed by atoms with Gasteiger partial charge in [-0.2, -0.15) is 0 Å². The van der Waals surface area contributed by atoms with Crippen molar-refractivity contribution in [1.29, 1.82) is 0 Å². The van der Waals surface area contributed by atoms with E-state index in [1.165, 1.54) is 20.1 Å². The van der Waals surface area contributed by atoms with E-state index in [0.717, 1.165) is 0 Å². The first-order valence-electron chi connectivity index (χ1n) is 5.89. The zero-order valence-electron chi connectivity index (χ0n) is 10.7. The molecule has 0 aromatic heterocycles. The van der Waals surface area contributed by atoms with Crippen LogP contribution in [0.4, 0.5) is 8.78 Å². The molecule has 0 amide bonds. The van der Waals surface area contributed by atoms with Crippen LogP contribution in [0.3, 0.4) is 0 Å². The molecule has 0 bridgehead atoms. The van der Waals surface area contributed by atoms with Gasteiger partial charge in [0.05, 0.1) is 7.11 Å². The smallest absolute Gasteiger partial charge is 0.171 e. The van der Waals surface area contributed by atoms with Crippen LogP contribution in [-0.4, -0.2) is 19.1 Å². The van der Waals surface area contributed by atoms with Crippen LogP contribution in [0.5, 0.6) is 0 Å². The van der Waals surface area contributed by atoms with Crippen molar-refractivity contribution in [2.45, 2.75) is 19.0 Å². The third-order valence-electron chi connectivity index (χ3n) is 3.16. The van der Waals surface area contributed by atoms with Crippen LogP contribution in [0.1, 0.15) is 29.3 Å². The molecular weight excluding hydrogens is 250 g/mol. The minimum atomic E-state index is -1.83. The largest absolute Gasteiger partial charge is 0.495 e. The lowest BCUT2D eigenvalue weighted by atomic mass is 9.89. The molecule has 1 aromatic carbocycles. The Labute approximate surface area is 110 Å². The van der Waals surface area contributed by atoms with Crippen molar-refractivity contribution in [2.24, 2.45) is 0 Å². The minimum Gasteiger partial charge on any atom is -0.495 e. The number of halogens is 2. The first kappa shape index (κ1) is 13.5. The van der Waals surface area contributed by atoms with Crippen LogP contribution in [-0.2, 0) is 4.74 Å². The van der Waals surface area contributed by atoms with E-state index in [9.17, 15) is 13.6 Å². The molecule has 1 atom stereocenters. The third-order valence-corrected chi connectivity index (χ3v) is 3.16. The molecule has 0 N–H and O–H groups in total. The number of aldehydes is 1. The predicted octanol–water partition coefficient (Wildman–Crippen LogP) is 3.84. The lowest BCUT2D eigenvalue weighted by molar-refractivity contribution is 0.112. The van der Waals surface area contributed by atoms with E-state index in [1.807, 2.05) is 0 Å². The van der Waals surface area contributed by atoms with Gasteiger partial charge in [-0.25, -0.2) is 8.78 Å². The summed E-state index contributed by atoms with van der Waals surface area (Å²) >= 11 is 0. The first-order valence-corrected chi connectivity index (χ1v) is 5.89. The molecule has 1 aliphatic carbocycles. The van der Waals surface area contributed by atoms with E-state index in [1.54, 1.807) is 24.3 Å². The van der Waals surface area contributed by atoms with Gasteiger partial charge in [-0.3, -0.25) is 4.79 Å². The average molecular weight is 264 g/mol. The van der Waals surface area contributed by atoms with E-state index in [-0.39, 0.29) is 12.2 Å². The number of methoxy groups -OCH3 is 1. The number of hydrogen-bond donors (Lipinski definition) is 0. The quantitative estimate of drug-likeness (QED) is 0.775. The second kappa shape index (κ2) is 4.96. The maximum Gasteiger partial charge on any atom is 0.171 e. The summed E-state index contributed by atoms with van der Waals surface area (Å²) in [5.41, 5.74) is -0.435. The number of carbonyl (C=O) groups is 1. The second-order valence-electron chi connectivity index (χ2n) is 4.61. The molecule has 2 rings (SSSR count). The number of carbonyl (C=O) groups excluding carboxylic acids is 1. The molecule has 19 heavy (non-hydrogen) atoms. The van der Waals surface area contributed by atoms with Gasteiger partial charge in [-0.05, 0) is 12.5 Å². The van der Waals surface area contributed by atoms with Crippen molar-refractivity contribution in [1.82, 2.24) is 0 Å². The maximum absolute atomic E-state index is 14.3. The summed E-state index contributed by atoms with van der Waals surface area (Å²) in [6, 6.07) is 6.44. The zero-order chi connectivity index (χ0) is 14.0. The normalized spacial score (nSPS) is 23.1. The number of rotatable bonds is 3. The van der Waals surface area contributed by atoms with E-state index < -0.39 is 11.5 Å². The summed E-state index contributed by atoms with van der Waals surface area (Å²) in [6.07, 6.45) is 2.27. The van der Waals surface area contributed by atoms with Crippen molar-refractivity contribution >= 4 is 11.9 Å².